The second-order valence-corrected chi connectivity index (χ2v) is 4.76. The largest absolute Gasteiger partial charge is 0.352 e. The van der Waals surface area contributed by atoms with Crippen LogP contribution in [0.3, 0.4) is 0 Å². The molecular weight excluding hydrogens is 240 g/mol. The number of aromatic nitrogens is 1. The highest BCUT2D eigenvalue weighted by atomic mass is 16.2. The monoisotopic (exact) mass is 258 g/mol. The molecule has 2 aromatic rings. The summed E-state index contributed by atoms with van der Waals surface area (Å²) < 4.78 is 1.86. The van der Waals surface area contributed by atoms with E-state index < -0.39 is 0 Å². The maximum atomic E-state index is 11.9. The maximum absolute atomic E-state index is 11.9. The quantitative estimate of drug-likeness (QED) is 0.837. The second kappa shape index (κ2) is 5.69. The lowest BCUT2D eigenvalue weighted by molar-refractivity contribution is -0.122. The Morgan fingerprint density at radius 3 is 2.89 bits per heavy atom. The molecule has 0 fully saturated rings. The van der Waals surface area contributed by atoms with Gasteiger partial charge in [-0.15, -0.1) is 0 Å². The highest BCUT2D eigenvalue weighted by Crippen LogP contribution is 2.17. The molecule has 1 amide bonds. The van der Waals surface area contributed by atoms with E-state index in [1.807, 2.05) is 36.7 Å². The van der Waals surface area contributed by atoms with Crippen molar-refractivity contribution in [3.8, 4) is 0 Å². The van der Waals surface area contributed by atoms with Gasteiger partial charge in [-0.05, 0) is 30.9 Å². The summed E-state index contributed by atoms with van der Waals surface area (Å²) in [6.07, 6.45) is 3.60. The first-order chi connectivity index (χ1) is 9.13. The van der Waals surface area contributed by atoms with Crippen LogP contribution in [0.2, 0.25) is 0 Å². The van der Waals surface area contributed by atoms with Gasteiger partial charge in [-0.25, -0.2) is 0 Å². The summed E-state index contributed by atoms with van der Waals surface area (Å²) in [4.78, 5) is 22.7. The molecule has 1 atom stereocenters. The fourth-order valence-corrected chi connectivity index (χ4v) is 1.99. The van der Waals surface area contributed by atoms with Crippen molar-refractivity contribution in [3.63, 3.8) is 0 Å². The average molecular weight is 258 g/mol. The zero-order chi connectivity index (χ0) is 13.8. The summed E-state index contributed by atoms with van der Waals surface area (Å²) in [5.74, 6) is -0.0108. The van der Waals surface area contributed by atoms with Gasteiger partial charge in [0.2, 0.25) is 5.91 Å². The fourth-order valence-electron chi connectivity index (χ4n) is 1.99. The Labute approximate surface area is 112 Å². The van der Waals surface area contributed by atoms with Crippen molar-refractivity contribution in [3.05, 3.63) is 36.0 Å². The average Bonchev–Trinajstić information content (AvgIpc) is 2.80. The lowest BCUT2D eigenvalue weighted by Crippen LogP contribution is -2.34. The van der Waals surface area contributed by atoms with Gasteiger partial charge < -0.3 is 9.88 Å². The zero-order valence-electron chi connectivity index (χ0n) is 11.2. The lowest BCUT2D eigenvalue weighted by Gasteiger charge is -2.12. The first kappa shape index (κ1) is 13.3. The first-order valence-electron chi connectivity index (χ1n) is 6.47. The minimum Gasteiger partial charge on any atom is -0.352 e. The third-order valence-electron chi connectivity index (χ3n) is 3.27. The molecule has 1 heterocycles. The van der Waals surface area contributed by atoms with Crippen molar-refractivity contribution in [1.29, 1.82) is 0 Å². The summed E-state index contributed by atoms with van der Waals surface area (Å²) in [6.45, 7) is 4.29. The fraction of sp³-hybridized carbons (Fsp3) is 0.333. The SMILES string of the molecule is CCC(C)NC(=O)Cn1ccc2ccc(C=O)cc21. The van der Waals surface area contributed by atoms with Gasteiger partial charge in [-0.2, -0.15) is 0 Å². The summed E-state index contributed by atoms with van der Waals surface area (Å²) in [6, 6.07) is 7.60. The molecular formula is C15H18N2O2. The van der Waals surface area contributed by atoms with Crippen molar-refractivity contribution < 1.29 is 9.59 Å². The van der Waals surface area contributed by atoms with Crippen LogP contribution in [0.25, 0.3) is 10.9 Å². The van der Waals surface area contributed by atoms with Crippen molar-refractivity contribution >= 4 is 23.1 Å². The number of nitrogens with one attached hydrogen (secondary N) is 1. The summed E-state index contributed by atoms with van der Waals surface area (Å²) >= 11 is 0. The molecule has 1 N–H and O–H groups in total. The normalized spacial score (nSPS) is 12.3. The van der Waals surface area contributed by atoms with E-state index in [0.29, 0.717) is 5.56 Å². The minimum atomic E-state index is -0.0108. The number of aldehydes is 1. The first-order valence-corrected chi connectivity index (χ1v) is 6.47. The van der Waals surface area contributed by atoms with Crippen LogP contribution in [-0.2, 0) is 11.3 Å². The predicted octanol–water partition coefficient (Wildman–Crippen LogP) is 2.37. The Bertz CT molecular complexity index is 601. The number of hydrogen-bond acceptors (Lipinski definition) is 2. The molecule has 0 aliphatic heterocycles. The summed E-state index contributed by atoms with van der Waals surface area (Å²) in [7, 11) is 0. The number of hydrogen-bond donors (Lipinski definition) is 1. The van der Waals surface area contributed by atoms with Crippen LogP contribution in [0.4, 0.5) is 0 Å². The van der Waals surface area contributed by atoms with Crippen LogP contribution >= 0.6 is 0 Å². The van der Waals surface area contributed by atoms with E-state index >= 15 is 0 Å². The molecule has 0 spiro atoms. The van der Waals surface area contributed by atoms with Gasteiger partial charge in [-0.3, -0.25) is 9.59 Å². The molecule has 19 heavy (non-hydrogen) atoms. The second-order valence-electron chi connectivity index (χ2n) is 4.76. The Balaban J connectivity index is 2.20. The maximum Gasteiger partial charge on any atom is 0.240 e. The lowest BCUT2D eigenvalue weighted by atomic mass is 10.2. The van der Waals surface area contributed by atoms with E-state index in [1.54, 1.807) is 12.1 Å². The van der Waals surface area contributed by atoms with Crippen molar-refractivity contribution in [2.45, 2.75) is 32.9 Å². The van der Waals surface area contributed by atoms with Crippen molar-refractivity contribution in [1.82, 2.24) is 9.88 Å². The number of fused-ring (bicyclic) bond motifs is 1. The molecule has 0 aliphatic carbocycles. The van der Waals surface area contributed by atoms with Gasteiger partial charge in [0.1, 0.15) is 12.8 Å². The van der Waals surface area contributed by atoms with Gasteiger partial charge in [-0.1, -0.05) is 19.1 Å². The van der Waals surface area contributed by atoms with Gasteiger partial charge in [0.05, 0.1) is 0 Å². The van der Waals surface area contributed by atoms with E-state index in [2.05, 4.69) is 5.32 Å². The van der Waals surface area contributed by atoms with Crippen LogP contribution < -0.4 is 5.32 Å². The third kappa shape index (κ3) is 3.02. The van der Waals surface area contributed by atoms with Gasteiger partial charge in [0.25, 0.3) is 0 Å². The summed E-state index contributed by atoms with van der Waals surface area (Å²) in [5.41, 5.74) is 1.53. The van der Waals surface area contributed by atoms with Crippen LogP contribution in [0.1, 0.15) is 30.6 Å². The highest BCUT2D eigenvalue weighted by molar-refractivity contribution is 5.88. The predicted molar refractivity (Wildman–Crippen MR) is 75.2 cm³/mol. The van der Waals surface area contributed by atoms with E-state index in [-0.39, 0.29) is 18.5 Å². The van der Waals surface area contributed by atoms with Gasteiger partial charge in [0.15, 0.2) is 0 Å². The molecule has 1 aromatic heterocycles. The number of nitrogens with zero attached hydrogens (tertiary/aromatic N) is 1. The minimum absolute atomic E-state index is 0.0108. The molecule has 0 saturated heterocycles. The topological polar surface area (TPSA) is 51.1 Å². The van der Waals surface area contributed by atoms with Crippen molar-refractivity contribution in [2.24, 2.45) is 0 Å². The van der Waals surface area contributed by atoms with Crippen LogP contribution in [0, 0.1) is 0 Å². The van der Waals surface area contributed by atoms with E-state index in [9.17, 15) is 9.59 Å². The molecule has 4 nitrogen and oxygen atoms in total. The molecule has 1 unspecified atom stereocenters. The standard InChI is InChI=1S/C15H18N2O2/c1-3-11(2)16-15(19)9-17-7-6-13-5-4-12(10-18)8-14(13)17/h4-8,10-11H,3,9H2,1-2H3,(H,16,19). The van der Waals surface area contributed by atoms with E-state index in [0.717, 1.165) is 23.6 Å². The number of carbonyl (C=O) groups excluding carboxylic acids is 2. The third-order valence-corrected chi connectivity index (χ3v) is 3.27. The number of carbonyl (C=O) groups is 2. The molecule has 0 radical (unpaired) electrons. The highest BCUT2D eigenvalue weighted by Gasteiger charge is 2.08. The molecule has 0 bridgehead atoms. The molecule has 4 heteroatoms. The summed E-state index contributed by atoms with van der Waals surface area (Å²) in [5, 5.41) is 3.96. The van der Waals surface area contributed by atoms with Gasteiger partial charge in [0, 0.05) is 23.3 Å². The molecule has 2 rings (SSSR count). The Kier molecular flexibility index (Phi) is 4.00. The van der Waals surface area contributed by atoms with Gasteiger partial charge >= 0.3 is 0 Å². The van der Waals surface area contributed by atoms with Crippen LogP contribution in [0.5, 0.6) is 0 Å². The van der Waals surface area contributed by atoms with Crippen molar-refractivity contribution in [2.75, 3.05) is 0 Å². The molecule has 0 saturated carbocycles. The Morgan fingerprint density at radius 2 is 2.21 bits per heavy atom. The van der Waals surface area contributed by atoms with Crippen LogP contribution in [-0.4, -0.2) is 22.8 Å². The molecule has 0 aliphatic rings. The zero-order valence-corrected chi connectivity index (χ0v) is 11.2. The number of amides is 1. The van der Waals surface area contributed by atoms with E-state index in [1.165, 1.54) is 0 Å². The Morgan fingerprint density at radius 1 is 1.42 bits per heavy atom. The Hall–Kier alpha value is -2.10. The smallest absolute Gasteiger partial charge is 0.240 e. The number of benzene rings is 1. The molecule has 1 aromatic carbocycles. The molecule has 100 valence electrons. The van der Waals surface area contributed by atoms with Crippen LogP contribution in [0.15, 0.2) is 30.5 Å². The number of rotatable bonds is 5. The van der Waals surface area contributed by atoms with E-state index in [4.69, 9.17) is 0 Å².